The van der Waals surface area contributed by atoms with Gasteiger partial charge in [-0.25, -0.2) is 9.97 Å². The largest absolute Gasteiger partial charge is 0.497 e. The van der Waals surface area contributed by atoms with E-state index in [4.69, 9.17) is 4.74 Å². The second-order valence-electron chi connectivity index (χ2n) is 8.43. The van der Waals surface area contributed by atoms with Crippen LogP contribution in [0.2, 0.25) is 0 Å². The van der Waals surface area contributed by atoms with Crippen molar-refractivity contribution in [2.24, 2.45) is 4.99 Å². The predicted octanol–water partition coefficient (Wildman–Crippen LogP) is 4.16. The first-order chi connectivity index (χ1) is 18.1. The van der Waals surface area contributed by atoms with E-state index >= 15 is 0 Å². The minimum absolute atomic E-state index is 0.131. The van der Waals surface area contributed by atoms with Gasteiger partial charge in [-0.1, -0.05) is 12.1 Å². The highest BCUT2D eigenvalue weighted by atomic mass is 19.4. The number of carbonyl (C=O) groups is 1. The molecule has 9 nitrogen and oxygen atoms in total. The van der Waals surface area contributed by atoms with Gasteiger partial charge in [-0.05, 0) is 42.0 Å². The Morgan fingerprint density at radius 1 is 1.13 bits per heavy atom. The van der Waals surface area contributed by atoms with Crippen molar-refractivity contribution in [3.63, 3.8) is 0 Å². The molecule has 0 fully saturated rings. The number of aromatic nitrogens is 3. The van der Waals surface area contributed by atoms with Gasteiger partial charge < -0.3 is 15.0 Å². The standard InChI is InChI=1S/C26H23F3N6O3/c1-34(2)15-32-23(36)17-6-4-16(5-7-17)21-22-18(12-30-25(33-22)31-14-26(27,28)29)13-35(24(21)37)19-8-10-20(38-3)11-9-19/h4-13,15H,14H2,1-3H3,(H,31,33). The minimum Gasteiger partial charge on any atom is -0.497 e. The van der Waals surface area contributed by atoms with Gasteiger partial charge in [-0.3, -0.25) is 14.2 Å². The van der Waals surface area contributed by atoms with Crippen molar-refractivity contribution in [3.8, 4) is 22.6 Å². The topological polar surface area (TPSA) is 102 Å². The first-order valence-electron chi connectivity index (χ1n) is 11.3. The van der Waals surface area contributed by atoms with Crippen molar-refractivity contribution in [1.29, 1.82) is 0 Å². The molecule has 0 bridgehead atoms. The first-order valence-corrected chi connectivity index (χ1v) is 11.3. The summed E-state index contributed by atoms with van der Waals surface area (Å²) in [5.41, 5.74) is 1.06. The zero-order valence-electron chi connectivity index (χ0n) is 20.7. The number of carbonyl (C=O) groups excluding carboxylic acids is 1. The molecule has 0 saturated carbocycles. The molecule has 0 atom stereocenters. The Balaban J connectivity index is 1.86. The van der Waals surface area contributed by atoms with Crippen LogP contribution in [0.4, 0.5) is 19.1 Å². The number of halogens is 3. The molecule has 0 aliphatic rings. The van der Waals surface area contributed by atoms with Gasteiger partial charge >= 0.3 is 6.18 Å². The molecule has 4 rings (SSSR count). The molecule has 2 aromatic heterocycles. The number of hydrogen-bond acceptors (Lipinski definition) is 6. The van der Waals surface area contributed by atoms with Crippen LogP contribution in [0, 0.1) is 0 Å². The second kappa shape index (κ2) is 10.7. The lowest BCUT2D eigenvalue weighted by molar-refractivity contribution is -0.115. The monoisotopic (exact) mass is 524 g/mol. The third kappa shape index (κ3) is 5.97. The molecular formula is C26H23F3N6O3. The molecule has 38 heavy (non-hydrogen) atoms. The third-order valence-electron chi connectivity index (χ3n) is 5.38. The number of anilines is 1. The van der Waals surface area contributed by atoms with Crippen molar-refractivity contribution in [1.82, 2.24) is 19.4 Å². The number of pyridine rings is 1. The summed E-state index contributed by atoms with van der Waals surface area (Å²) in [4.78, 5) is 39.8. The summed E-state index contributed by atoms with van der Waals surface area (Å²) in [6.07, 6.45) is -0.237. The highest BCUT2D eigenvalue weighted by molar-refractivity contribution is 5.99. The molecule has 0 aliphatic carbocycles. The Kier molecular flexibility index (Phi) is 7.42. The average molecular weight is 525 g/mol. The molecule has 0 saturated heterocycles. The van der Waals surface area contributed by atoms with Gasteiger partial charge in [-0.2, -0.15) is 18.2 Å². The lowest BCUT2D eigenvalue weighted by atomic mass is 10.0. The number of ether oxygens (including phenoxy) is 1. The number of benzene rings is 2. The number of alkyl halides is 3. The third-order valence-corrected chi connectivity index (χ3v) is 5.38. The van der Waals surface area contributed by atoms with Gasteiger partial charge in [0.05, 0.1) is 24.5 Å². The Morgan fingerprint density at radius 3 is 2.42 bits per heavy atom. The van der Waals surface area contributed by atoms with E-state index < -0.39 is 24.2 Å². The quantitative estimate of drug-likeness (QED) is 0.286. The fourth-order valence-electron chi connectivity index (χ4n) is 3.59. The molecule has 2 aromatic carbocycles. The van der Waals surface area contributed by atoms with E-state index in [2.05, 4.69) is 20.3 Å². The van der Waals surface area contributed by atoms with Crippen LogP contribution in [0.3, 0.4) is 0 Å². The summed E-state index contributed by atoms with van der Waals surface area (Å²) in [6.45, 7) is -1.33. The molecule has 2 heterocycles. The van der Waals surface area contributed by atoms with Crippen LogP contribution in [0.1, 0.15) is 10.4 Å². The van der Waals surface area contributed by atoms with E-state index in [1.807, 2.05) is 0 Å². The smallest absolute Gasteiger partial charge is 0.405 e. The predicted molar refractivity (Wildman–Crippen MR) is 138 cm³/mol. The summed E-state index contributed by atoms with van der Waals surface area (Å²) in [6, 6.07) is 13.0. The molecule has 12 heteroatoms. The van der Waals surface area contributed by atoms with Gasteiger partial charge in [-0.15, -0.1) is 0 Å². The Morgan fingerprint density at radius 2 is 1.82 bits per heavy atom. The molecule has 0 aliphatic heterocycles. The number of fused-ring (bicyclic) bond motifs is 1. The maximum absolute atomic E-state index is 13.7. The minimum atomic E-state index is -4.48. The van der Waals surface area contributed by atoms with Crippen molar-refractivity contribution in [3.05, 3.63) is 76.8 Å². The van der Waals surface area contributed by atoms with Crippen LogP contribution in [-0.4, -0.2) is 65.6 Å². The number of hydrogen-bond donors (Lipinski definition) is 1. The van der Waals surface area contributed by atoms with Crippen LogP contribution in [-0.2, 0) is 0 Å². The van der Waals surface area contributed by atoms with Gasteiger partial charge in [0.25, 0.3) is 11.5 Å². The molecule has 0 spiro atoms. The summed E-state index contributed by atoms with van der Waals surface area (Å²) in [5.74, 6) is -0.147. The zero-order chi connectivity index (χ0) is 27.4. The lowest BCUT2D eigenvalue weighted by Gasteiger charge is -2.14. The number of methoxy groups -OCH3 is 1. The number of rotatable bonds is 7. The normalized spacial score (nSPS) is 11.6. The van der Waals surface area contributed by atoms with Crippen LogP contribution in [0.15, 0.2) is 70.7 Å². The second-order valence-corrected chi connectivity index (χ2v) is 8.43. The molecule has 4 aromatic rings. The lowest BCUT2D eigenvalue weighted by Crippen LogP contribution is -2.23. The Bertz CT molecular complexity index is 1550. The van der Waals surface area contributed by atoms with Gasteiger partial charge in [0, 0.05) is 43.1 Å². The van der Waals surface area contributed by atoms with Gasteiger partial charge in [0.1, 0.15) is 12.3 Å². The van der Waals surface area contributed by atoms with Crippen LogP contribution >= 0.6 is 0 Å². The highest BCUT2D eigenvalue weighted by Crippen LogP contribution is 2.27. The van der Waals surface area contributed by atoms with Gasteiger partial charge in [0.2, 0.25) is 5.95 Å². The summed E-state index contributed by atoms with van der Waals surface area (Å²) < 4.78 is 44.8. The van der Waals surface area contributed by atoms with E-state index in [1.165, 1.54) is 42.5 Å². The fourth-order valence-corrected chi connectivity index (χ4v) is 3.59. The fraction of sp³-hybridized carbons (Fsp3) is 0.192. The average Bonchev–Trinajstić information content (AvgIpc) is 2.90. The van der Waals surface area contributed by atoms with Crippen molar-refractivity contribution in [2.45, 2.75) is 6.18 Å². The van der Waals surface area contributed by atoms with Crippen LogP contribution in [0.25, 0.3) is 27.7 Å². The first kappa shape index (κ1) is 26.3. The van der Waals surface area contributed by atoms with E-state index in [9.17, 15) is 22.8 Å². The SMILES string of the molecule is COc1ccc(-n2cc3cnc(NCC(F)(F)F)nc3c(-c3ccc(C(=O)N=CN(C)C)cc3)c2=O)cc1. The summed E-state index contributed by atoms with van der Waals surface area (Å²) in [5, 5.41) is 2.57. The van der Waals surface area contributed by atoms with E-state index in [0.29, 0.717) is 28.0 Å². The molecule has 0 unspecified atom stereocenters. The van der Waals surface area contributed by atoms with E-state index in [1.54, 1.807) is 55.4 Å². The van der Waals surface area contributed by atoms with Crippen LogP contribution < -0.4 is 15.6 Å². The molecule has 196 valence electrons. The summed E-state index contributed by atoms with van der Waals surface area (Å²) >= 11 is 0. The molecule has 1 amide bonds. The summed E-state index contributed by atoms with van der Waals surface area (Å²) in [7, 11) is 4.99. The molecule has 0 radical (unpaired) electrons. The Labute approximate surface area is 215 Å². The molecule has 1 N–H and O–H groups in total. The van der Waals surface area contributed by atoms with E-state index in [0.717, 1.165) is 0 Å². The van der Waals surface area contributed by atoms with Crippen molar-refractivity contribution < 1.29 is 22.7 Å². The highest BCUT2D eigenvalue weighted by Gasteiger charge is 2.27. The number of amides is 1. The number of nitrogens with zero attached hydrogens (tertiary/aromatic N) is 5. The van der Waals surface area contributed by atoms with Crippen molar-refractivity contribution in [2.75, 3.05) is 33.1 Å². The number of nitrogens with one attached hydrogen (secondary N) is 1. The van der Waals surface area contributed by atoms with Crippen LogP contribution in [0.5, 0.6) is 5.75 Å². The number of aliphatic imine (C=N–C) groups is 1. The van der Waals surface area contributed by atoms with E-state index in [-0.39, 0.29) is 17.0 Å². The maximum Gasteiger partial charge on any atom is 0.405 e. The Hall–Kier alpha value is -4.74. The van der Waals surface area contributed by atoms with Gasteiger partial charge in [0.15, 0.2) is 0 Å². The van der Waals surface area contributed by atoms with Crippen molar-refractivity contribution >= 4 is 29.1 Å². The maximum atomic E-state index is 13.7. The zero-order valence-corrected chi connectivity index (χ0v) is 20.7. The molecular weight excluding hydrogens is 501 g/mol.